The van der Waals surface area contributed by atoms with Crippen LogP contribution in [0.1, 0.15) is 21.7 Å². The van der Waals surface area contributed by atoms with Crippen molar-refractivity contribution < 1.29 is 18.9 Å². The van der Waals surface area contributed by atoms with Crippen molar-refractivity contribution in [2.45, 2.75) is 18.6 Å². The minimum Gasteiger partial charge on any atom is -0.345 e. The van der Waals surface area contributed by atoms with E-state index < -0.39 is 16.6 Å². The Morgan fingerprint density at radius 3 is 2.60 bits per heavy atom. The lowest BCUT2D eigenvalue weighted by Crippen LogP contribution is -2.25. The molecule has 40 heavy (non-hydrogen) atoms. The van der Waals surface area contributed by atoms with Gasteiger partial charge in [-0.2, -0.15) is 0 Å². The van der Waals surface area contributed by atoms with E-state index in [1.165, 1.54) is 60.7 Å². The molecule has 0 saturated heterocycles. The first-order valence-electron chi connectivity index (χ1n) is 11.8. The SMILES string of the molecule is Cc1c(C(=O)NCc2nnc(SCC(=O)Nc3nc4ccccc4s3)n2-c2ccc(F)cc2)cccc1[N+](=O)[O-]. The summed E-state index contributed by atoms with van der Waals surface area (Å²) in [6.45, 7) is 1.42. The number of thioether (sulfide) groups is 1. The minimum atomic E-state index is -0.548. The van der Waals surface area contributed by atoms with Gasteiger partial charge in [0.2, 0.25) is 5.91 Å². The Balaban J connectivity index is 1.32. The second-order valence-corrected chi connectivity index (χ2v) is 10.4. The van der Waals surface area contributed by atoms with Crippen LogP contribution in [0.3, 0.4) is 0 Å². The van der Waals surface area contributed by atoms with Crippen molar-refractivity contribution in [2.75, 3.05) is 11.1 Å². The predicted octanol–water partition coefficient (Wildman–Crippen LogP) is 4.89. The number of nitro benzene ring substituents is 1. The fourth-order valence-electron chi connectivity index (χ4n) is 3.89. The molecule has 11 nitrogen and oxygen atoms in total. The summed E-state index contributed by atoms with van der Waals surface area (Å²) in [6, 6.07) is 17.4. The largest absolute Gasteiger partial charge is 0.345 e. The van der Waals surface area contributed by atoms with Gasteiger partial charge in [0.15, 0.2) is 16.1 Å². The number of anilines is 1. The molecule has 0 saturated carbocycles. The molecule has 0 fully saturated rings. The molecule has 3 aromatic carbocycles. The van der Waals surface area contributed by atoms with Crippen LogP contribution in [0.2, 0.25) is 0 Å². The van der Waals surface area contributed by atoms with E-state index in [1.54, 1.807) is 4.57 Å². The summed E-state index contributed by atoms with van der Waals surface area (Å²) in [6.07, 6.45) is 0. The Hall–Kier alpha value is -4.69. The highest BCUT2D eigenvalue weighted by atomic mass is 32.2. The lowest BCUT2D eigenvalue weighted by Gasteiger charge is -2.12. The molecular weight excluding hydrogens is 557 g/mol. The lowest BCUT2D eigenvalue weighted by atomic mass is 10.1. The Morgan fingerprint density at radius 1 is 1.07 bits per heavy atom. The standard InChI is InChI=1S/C26H20FN7O4S2/c1-15-18(5-4-7-20(15)34(37)38)24(36)28-13-22-31-32-26(33(22)17-11-9-16(27)10-12-17)39-14-23(35)30-25-29-19-6-2-3-8-21(19)40-25/h2-12H,13-14H2,1H3,(H,28,36)(H,29,30,35). The fraction of sp³-hybridized carbons (Fsp3) is 0.115. The number of nitro groups is 1. The Morgan fingerprint density at radius 2 is 1.85 bits per heavy atom. The molecular formula is C26H20FN7O4S2. The molecule has 5 rings (SSSR count). The third kappa shape index (κ3) is 5.82. The summed E-state index contributed by atoms with van der Waals surface area (Å²) in [5.74, 6) is -0.948. The third-order valence-corrected chi connectivity index (χ3v) is 7.69. The zero-order chi connectivity index (χ0) is 28.2. The summed E-state index contributed by atoms with van der Waals surface area (Å²) < 4.78 is 16.2. The maximum absolute atomic E-state index is 13.6. The number of thiazole rings is 1. The van der Waals surface area contributed by atoms with Crippen molar-refractivity contribution in [3.8, 4) is 5.69 Å². The van der Waals surface area contributed by atoms with E-state index in [-0.39, 0.29) is 35.0 Å². The number of nitrogens with one attached hydrogen (secondary N) is 2. The number of nitrogens with zero attached hydrogens (tertiary/aromatic N) is 5. The van der Waals surface area contributed by atoms with Crippen LogP contribution in [0, 0.1) is 22.9 Å². The molecule has 0 aliphatic heterocycles. The van der Waals surface area contributed by atoms with Crippen LogP contribution in [0.15, 0.2) is 71.9 Å². The van der Waals surface area contributed by atoms with Crippen molar-refractivity contribution >= 4 is 55.9 Å². The molecule has 0 radical (unpaired) electrons. The molecule has 2 aromatic heterocycles. The van der Waals surface area contributed by atoms with E-state index in [0.717, 1.165) is 22.0 Å². The van der Waals surface area contributed by atoms with E-state index in [0.29, 0.717) is 21.8 Å². The summed E-state index contributed by atoms with van der Waals surface area (Å²) in [5.41, 5.74) is 1.54. The zero-order valence-electron chi connectivity index (χ0n) is 20.8. The first-order chi connectivity index (χ1) is 19.3. The highest BCUT2D eigenvalue weighted by Gasteiger charge is 2.20. The quantitative estimate of drug-likeness (QED) is 0.143. The van der Waals surface area contributed by atoms with Gasteiger partial charge in [0.05, 0.1) is 27.4 Å². The Labute approximate surface area is 234 Å². The van der Waals surface area contributed by atoms with E-state index in [4.69, 9.17) is 0 Å². The van der Waals surface area contributed by atoms with Gasteiger partial charge in [-0.05, 0) is 49.4 Å². The highest BCUT2D eigenvalue weighted by molar-refractivity contribution is 7.99. The van der Waals surface area contributed by atoms with Crippen LogP contribution in [0.4, 0.5) is 15.2 Å². The summed E-state index contributed by atoms with van der Waals surface area (Å²) in [5, 5.41) is 25.9. The Bertz CT molecular complexity index is 1700. The predicted molar refractivity (Wildman–Crippen MR) is 149 cm³/mol. The van der Waals surface area contributed by atoms with Gasteiger partial charge < -0.3 is 10.6 Å². The zero-order valence-corrected chi connectivity index (χ0v) is 22.5. The number of hydrogen-bond acceptors (Lipinski definition) is 9. The average molecular weight is 578 g/mol. The van der Waals surface area contributed by atoms with Gasteiger partial charge in [0.1, 0.15) is 5.82 Å². The second-order valence-electron chi connectivity index (χ2n) is 8.42. The summed E-state index contributed by atoms with van der Waals surface area (Å²) >= 11 is 2.48. The number of amides is 2. The van der Waals surface area contributed by atoms with E-state index >= 15 is 0 Å². The molecule has 0 spiro atoms. The van der Waals surface area contributed by atoms with Gasteiger partial charge in [-0.25, -0.2) is 9.37 Å². The molecule has 2 amide bonds. The van der Waals surface area contributed by atoms with Gasteiger partial charge in [-0.15, -0.1) is 10.2 Å². The smallest absolute Gasteiger partial charge is 0.273 e. The number of aromatic nitrogens is 4. The number of carbonyl (C=O) groups is 2. The maximum Gasteiger partial charge on any atom is 0.273 e. The molecule has 0 atom stereocenters. The number of halogens is 1. The van der Waals surface area contributed by atoms with Gasteiger partial charge in [0, 0.05) is 22.9 Å². The monoisotopic (exact) mass is 577 g/mol. The van der Waals surface area contributed by atoms with Gasteiger partial charge >= 0.3 is 0 Å². The normalized spacial score (nSPS) is 10.9. The van der Waals surface area contributed by atoms with E-state index in [2.05, 4.69) is 25.8 Å². The molecule has 0 aliphatic rings. The molecule has 5 aromatic rings. The summed E-state index contributed by atoms with van der Waals surface area (Å²) in [7, 11) is 0. The number of rotatable bonds is 9. The van der Waals surface area contributed by atoms with Crippen molar-refractivity contribution in [2.24, 2.45) is 0 Å². The first-order valence-corrected chi connectivity index (χ1v) is 13.6. The number of carbonyl (C=O) groups excluding carboxylic acids is 2. The average Bonchev–Trinajstić information content (AvgIpc) is 3.54. The lowest BCUT2D eigenvalue weighted by molar-refractivity contribution is -0.385. The molecule has 202 valence electrons. The highest BCUT2D eigenvalue weighted by Crippen LogP contribution is 2.27. The molecule has 14 heteroatoms. The van der Waals surface area contributed by atoms with Crippen LogP contribution in [0.25, 0.3) is 15.9 Å². The van der Waals surface area contributed by atoms with Crippen molar-refractivity contribution in [1.29, 1.82) is 0 Å². The van der Waals surface area contributed by atoms with Crippen LogP contribution in [0.5, 0.6) is 0 Å². The number of fused-ring (bicyclic) bond motifs is 1. The number of para-hydroxylation sites is 1. The number of benzene rings is 3. The fourth-order valence-corrected chi connectivity index (χ4v) is 5.54. The summed E-state index contributed by atoms with van der Waals surface area (Å²) in [4.78, 5) is 40.6. The topological polar surface area (TPSA) is 145 Å². The first kappa shape index (κ1) is 26.9. The van der Waals surface area contributed by atoms with Crippen LogP contribution in [-0.4, -0.2) is 42.2 Å². The molecule has 0 bridgehead atoms. The van der Waals surface area contributed by atoms with E-state index in [9.17, 15) is 24.1 Å². The maximum atomic E-state index is 13.6. The van der Waals surface area contributed by atoms with Crippen molar-refractivity contribution in [3.05, 3.63) is 99.6 Å². The number of hydrogen-bond donors (Lipinski definition) is 2. The van der Waals surface area contributed by atoms with Gasteiger partial charge in [-0.3, -0.25) is 24.3 Å². The van der Waals surface area contributed by atoms with E-state index in [1.807, 2.05) is 24.3 Å². The van der Waals surface area contributed by atoms with Gasteiger partial charge in [0.25, 0.3) is 11.6 Å². The molecule has 2 heterocycles. The van der Waals surface area contributed by atoms with Crippen LogP contribution >= 0.6 is 23.1 Å². The molecule has 0 aliphatic carbocycles. The van der Waals surface area contributed by atoms with Gasteiger partial charge in [-0.1, -0.05) is 41.3 Å². The van der Waals surface area contributed by atoms with Crippen molar-refractivity contribution in [3.63, 3.8) is 0 Å². The molecule has 0 unspecified atom stereocenters. The Kier molecular flexibility index (Phi) is 7.79. The van der Waals surface area contributed by atoms with Crippen LogP contribution < -0.4 is 10.6 Å². The molecule has 2 N–H and O–H groups in total. The van der Waals surface area contributed by atoms with Crippen LogP contribution in [-0.2, 0) is 11.3 Å². The second kappa shape index (κ2) is 11.6. The van der Waals surface area contributed by atoms with Crippen molar-refractivity contribution in [1.82, 2.24) is 25.1 Å². The third-order valence-electron chi connectivity index (χ3n) is 5.81. The minimum absolute atomic E-state index is 0.00547.